The number of aliphatic carboxylic acids is 1. The fraction of sp³-hybridized carbons (Fsp3) is 0.500. The van der Waals surface area contributed by atoms with E-state index in [1.807, 2.05) is 18.7 Å². The van der Waals surface area contributed by atoms with Crippen molar-refractivity contribution in [3.05, 3.63) is 29.8 Å². The number of hydrogen-bond acceptors (Lipinski definition) is 4. The molecular formula is C14H19NO4. The second kappa shape index (κ2) is 5.59. The lowest BCUT2D eigenvalue weighted by Crippen LogP contribution is -2.48. The Morgan fingerprint density at radius 1 is 1.37 bits per heavy atom. The van der Waals surface area contributed by atoms with Gasteiger partial charge in [-0.3, -0.25) is 9.69 Å². The highest BCUT2D eigenvalue weighted by atomic mass is 16.5. The predicted octanol–water partition coefficient (Wildman–Crippen LogP) is 1.63. The van der Waals surface area contributed by atoms with Gasteiger partial charge >= 0.3 is 5.97 Å². The summed E-state index contributed by atoms with van der Waals surface area (Å²) in [5.41, 5.74) is 0.591. The van der Waals surface area contributed by atoms with Crippen LogP contribution in [0.25, 0.3) is 0 Å². The van der Waals surface area contributed by atoms with E-state index in [0.29, 0.717) is 18.7 Å². The summed E-state index contributed by atoms with van der Waals surface area (Å²) in [6.07, 6.45) is 0.00539. The van der Waals surface area contributed by atoms with Crippen molar-refractivity contribution in [2.75, 3.05) is 13.1 Å². The number of phenols is 1. The number of benzene rings is 1. The largest absolute Gasteiger partial charge is 0.508 e. The summed E-state index contributed by atoms with van der Waals surface area (Å²) < 4.78 is 5.62. The molecule has 104 valence electrons. The summed E-state index contributed by atoms with van der Waals surface area (Å²) in [4.78, 5) is 13.4. The first-order valence-electron chi connectivity index (χ1n) is 6.38. The molecule has 5 nitrogen and oxygen atoms in total. The lowest BCUT2D eigenvalue weighted by Gasteiger charge is -2.38. The Labute approximate surface area is 112 Å². The first-order chi connectivity index (χ1) is 8.97. The van der Waals surface area contributed by atoms with Crippen molar-refractivity contribution < 1.29 is 19.7 Å². The molecule has 0 amide bonds. The number of carbonyl (C=O) groups is 1. The Hall–Kier alpha value is -1.59. The fourth-order valence-corrected chi connectivity index (χ4v) is 2.63. The van der Waals surface area contributed by atoms with Crippen LogP contribution in [0.4, 0.5) is 0 Å². The molecule has 2 rings (SSSR count). The second-order valence-electron chi connectivity index (χ2n) is 5.05. The standard InChI is InChI=1S/C14H19NO4/c1-9-7-15(8-10(2)19-9)13(14(17)18)11-4-3-5-12(16)6-11/h3-6,9-10,13,16H,7-8H2,1-2H3,(H,17,18). The lowest BCUT2D eigenvalue weighted by atomic mass is 10.0. The zero-order valence-corrected chi connectivity index (χ0v) is 11.1. The first-order valence-corrected chi connectivity index (χ1v) is 6.38. The molecule has 1 aliphatic rings. The molecule has 0 saturated carbocycles. The van der Waals surface area contributed by atoms with Crippen molar-refractivity contribution >= 4 is 5.97 Å². The van der Waals surface area contributed by atoms with Gasteiger partial charge in [-0.2, -0.15) is 0 Å². The van der Waals surface area contributed by atoms with Crippen LogP contribution < -0.4 is 0 Å². The van der Waals surface area contributed by atoms with Crippen molar-refractivity contribution in [1.29, 1.82) is 0 Å². The molecule has 5 heteroatoms. The number of rotatable bonds is 3. The third kappa shape index (κ3) is 3.24. The average molecular weight is 265 g/mol. The van der Waals surface area contributed by atoms with Crippen molar-refractivity contribution in [3.63, 3.8) is 0 Å². The highest BCUT2D eigenvalue weighted by Gasteiger charge is 2.33. The van der Waals surface area contributed by atoms with E-state index >= 15 is 0 Å². The molecule has 0 spiro atoms. The Balaban J connectivity index is 2.27. The van der Waals surface area contributed by atoms with Crippen molar-refractivity contribution in [2.24, 2.45) is 0 Å². The Morgan fingerprint density at radius 3 is 2.53 bits per heavy atom. The third-order valence-electron chi connectivity index (χ3n) is 3.23. The van der Waals surface area contributed by atoms with Crippen LogP contribution in [0.3, 0.4) is 0 Å². The van der Waals surface area contributed by atoms with Crippen LogP contribution in [0.15, 0.2) is 24.3 Å². The van der Waals surface area contributed by atoms with Crippen LogP contribution in [-0.2, 0) is 9.53 Å². The summed E-state index contributed by atoms with van der Waals surface area (Å²) in [7, 11) is 0. The number of ether oxygens (including phenoxy) is 1. The van der Waals surface area contributed by atoms with E-state index in [-0.39, 0.29) is 18.0 Å². The number of carboxylic acids is 1. The quantitative estimate of drug-likeness (QED) is 0.869. The van der Waals surface area contributed by atoms with Gasteiger partial charge in [0, 0.05) is 13.1 Å². The molecule has 3 atom stereocenters. The van der Waals surface area contributed by atoms with Crippen molar-refractivity contribution in [1.82, 2.24) is 4.90 Å². The summed E-state index contributed by atoms with van der Waals surface area (Å²) in [6, 6.07) is 5.68. The van der Waals surface area contributed by atoms with Crippen LogP contribution in [0.2, 0.25) is 0 Å². The molecule has 19 heavy (non-hydrogen) atoms. The van der Waals surface area contributed by atoms with E-state index in [9.17, 15) is 15.0 Å². The molecule has 0 bridgehead atoms. The van der Waals surface area contributed by atoms with Gasteiger partial charge in [0.25, 0.3) is 0 Å². The predicted molar refractivity (Wildman–Crippen MR) is 70.1 cm³/mol. The van der Waals surface area contributed by atoms with Crippen LogP contribution >= 0.6 is 0 Å². The average Bonchev–Trinajstić information content (AvgIpc) is 2.27. The minimum atomic E-state index is -0.910. The molecule has 1 fully saturated rings. The van der Waals surface area contributed by atoms with Crippen LogP contribution in [-0.4, -0.2) is 46.4 Å². The second-order valence-corrected chi connectivity index (χ2v) is 5.05. The smallest absolute Gasteiger partial charge is 0.325 e. The Morgan fingerprint density at radius 2 is 2.00 bits per heavy atom. The molecule has 1 saturated heterocycles. The summed E-state index contributed by atoms with van der Waals surface area (Å²) in [5.74, 6) is -0.829. The Bertz CT molecular complexity index is 453. The van der Waals surface area contributed by atoms with Gasteiger partial charge in [-0.15, -0.1) is 0 Å². The van der Waals surface area contributed by atoms with Crippen molar-refractivity contribution in [3.8, 4) is 5.75 Å². The molecule has 0 aliphatic carbocycles. The van der Waals surface area contributed by atoms with E-state index in [0.717, 1.165) is 0 Å². The van der Waals surface area contributed by atoms with E-state index in [1.165, 1.54) is 12.1 Å². The molecule has 1 aliphatic heterocycles. The van der Waals surface area contributed by atoms with Gasteiger partial charge in [0.15, 0.2) is 0 Å². The monoisotopic (exact) mass is 265 g/mol. The van der Waals surface area contributed by atoms with Gasteiger partial charge in [0.05, 0.1) is 12.2 Å². The normalized spacial score (nSPS) is 26.0. The van der Waals surface area contributed by atoms with E-state index < -0.39 is 12.0 Å². The third-order valence-corrected chi connectivity index (χ3v) is 3.23. The van der Waals surface area contributed by atoms with E-state index in [2.05, 4.69) is 0 Å². The number of carboxylic acid groups (broad SMARTS) is 1. The van der Waals surface area contributed by atoms with Gasteiger partial charge in [-0.05, 0) is 31.5 Å². The maximum Gasteiger partial charge on any atom is 0.325 e. The molecule has 1 aromatic rings. The van der Waals surface area contributed by atoms with Crippen LogP contribution in [0.5, 0.6) is 5.75 Å². The SMILES string of the molecule is CC1CN(C(C(=O)O)c2cccc(O)c2)CC(C)O1. The zero-order chi connectivity index (χ0) is 14.0. The molecule has 3 unspecified atom stereocenters. The van der Waals surface area contributed by atoms with Crippen LogP contribution in [0, 0.1) is 0 Å². The summed E-state index contributed by atoms with van der Waals surface area (Å²) >= 11 is 0. The number of morpholine rings is 1. The number of aromatic hydroxyl groups is 1. The molecule has 1 heterocycles. The molecule has 0 aromatic heterocycles. The highest BCUT2D eigenvalue weighted by Crippen LogP contribution is 2.27. The minimum Gasteiger partial charge on any atom is -0.508 e. The van der Waals surface area contributed by atoms with Crippen LogP contribution in [0.1, 0.15) is 25.5 Å². The number of nitrogens with zero attached hydrogens (tertiary/aromatic N) is 1. The minimum absolute atomic E-state index is 0.00269. The van der Waals surface area contributed by atoms with Gasteiger partial charge in [-0.25, -0.2) is 0 Å². The highest BCUT2D eigenvalue weighted by molar-refractivity contribution is 5.75. The molecule has 2 N–H and O–H groups in total. The first kappa shape index (κ1) is 13.8. The van der Waals surface area contributed by atoms with Gasteiger partial charge < -0.3 is 14.9 Å². The van der Waals surface area contributed by atoms with E-state index in [4.69, 9.17) is 4.74 Å². The van der Waals surface area contributed by atoms with Gasteiger partial charge in [0.1, 0.15) is 11.8 Å². The van der Waals surface area contributed by atoms with Gasteiger partial charge in [0.2, 0.25) is 0 Å². The number of hydrogen-bond donors (Lipinski definition) is 2. The number of phenolic OH excluding ortho intramolecular Hbond substituents is 1. The van der Waals surface area contributed by atoms with E-state index in [1.54, 1.807) is 12.1 Å². The maximum absolute atomic E-state index is 11.6. The molecule has 0 radical (unpaired) electrons. The molecular weight excluding hydrogens is 246 g/mol. The maximum atomic E-state index is 11.6. The summed E-state index contributed by atoms with van der Waals surface area (Å²) in [5, 5.41) is 19.0. The summed E-state index contributed by atoms with van der Waals surface area (Å²) in [6.45, 7) is 5.00. The Kier molecular flexibility index (Phi) is 4.07. The topological polar surface area (TPSA) is 70.0 Å². The fourth-order valence-electron chi connectivity index (χ4n) is 2.63. The molecule has 1 aromatic carbocycles. The zero-order valence-electron chi connectivity index (χ0n) is 11.1. The van der Waals surface area contributed by atoms with Crippen molar-refractivity contribution in [2.45, 2.75) is 32.1 Å². The van der Waals surface area contributed by atoms with Gasteiger partial charge in [-0.1, -0.05) is 12.1 Å². The lowest BCUT2D eigenvalue weighted by molar-refractivity contribution is -0.149.